The molecular weight excluding hydrogens is 208 g/mol. The third-order valence-electron chi connectivity index (χ3n) is 1.64. The van der Waals surface area contributed by atoms with Gasteiger partial charge in [0.25, 0.3) is 0 Å². The second-order valence-corrected chi connectivity index (χ2v) is 3.40. The Morgan fingerprint density at radius 1 is 1.54 bits per heavy atom. The lowest BCUT2D eigenvalue weighted by Crippen LogP contribution is -2.00. The first-order chi connectivity index (χ1) is 6.16. The van der Waals surface area contributed by atoms with E-state index in [1.165, 1.54) is 0 Å². The summed E-state index contributed by atoms with van der Waals surface area (Å²) < 4.78 is 0. The van der Waals surface area contributed by atoms with Gasteiger partial charge in [-0.2, -0.15) is 0 Å². The summed E-state index contributed by atoms with van der Waals surface area (Å²) in [7, 11) is 0. The quantitative estimate of drug-likeness (QED) is 0.463. The van der Waals surface area contributed by atoms with Gasteiger partial charge in [0.1, 0.15) is 5.75 Å². The van der Waals surface area contributed by atoms with E-state index in [9.17, 15) is 9.90 Å². The van der Waals surface area contributed by atoms with Crippen LogP contribution in [0.3, 0.4) is 0 Å². The number of Topliss-reactive ketones (excluding diaryl/α,β-unsaturated/α-hetero) is 1. The van der Waals surface area contributed by atoms with Crippen LogP contribution in [0.25, 0.3) is 0 Å². The number of aromatic hydroxyl groups is 1. The van der Waals surface area contributed by atoms with Gasteiger partial charge in [0.15, 0.2) is 5.78 Å². The largest absolute Gasteiger partial charge is 0.506 e. The number of alkyl halides is 1. The third-order valence-corrected chi connectivity index (χ3v) is 2.19. The smallest absolute Gasteiger partial charge is 0.167 e. The van der Waals surface area contributed by atoms with Gasteiger partial charge in [0.05, 0.1) is 5.56 Å². The summed E-state index contributed by atoms with van der Waals surface area (Å²) in [6.45, 7) is 0. The Kier molecular flexibility index (Phi) is 3.63. The highest BCUT2D eigenvalue weighted by molar-refractivity contribution is 7.80. The van der Waals surface area contributed by atoms with Crippen LogP contribution in [-0.2, 0) is 0 Å². The van der Waals surface area contributed by atoms with Crippen molar-refractivity contribution < 1.29 is 9.90 Å². The summed E-state index contributed by atoms with van der Waals surface area (Å²) in [5, 5.41) is 9.45. The summed E-state index contributed by atoms with van der Waals surface area (Å²) >= 11 is 9.41. The van der Waals surface area contributed by atoms with Gasteiger partial charge < -0.3 is 5.11 Å². The topological polar surface area (TPSA) is 37.3 Å². The van der Waals surface area contributed by atoms with Crippen LogP contribution in [0.5, 0.6) is 5.75 Å². The zero-order valence-corrected chi connectivity index (χ0v) is 8.48. The number of carbonyl (C=O) groups is 1. The van der Waals surface area contributed by atoms with Crippen LogP contribution in [0.4, 0.5) is 0 Å². The van der Waals surface area contributed by atoms with Gasteiger partial charge in [-0.1, -0.05) is 6.07 Å². The van der Waals surface area contributed by atoms with E-state index in [-0.39, 0.29) is 29.4 Å². The molecule has 0 aromatic heterocycles. The van der Waals surface area contributed by atoms with E-state index in [0.717, 1.165) is 0 Å². The van der Waals surface area contributed by atoms with Gasteiger partial charge in [-0.25, -0.2) is 0 Å². The molecule has 0 amide bonds. The van der Waals surface area contributed by atoms with Gasteiger partial charge in [-0.15, -0.1) is 24.2 Å². The lowest BCUT2D eigenvalue weighted by Gasteiger charge is -2.03. The van der Waals surface area contributed by atoms with Crippen LogP contribution in [-0.4, -0.2) is 16.8 Å². The SMILES string of the molecule is O=C(CCCl)c1cccc(S)c1O. The molecule has 1 aromatic rings. The lowest BCUT2D eigenvalue weighted by atomic mass is 10.1. The first kappa shape index (κ1) is 10.4. The molecule has 0 aliphatic rings. The highest BCUT2D eigenvalue weighted by Gasteiger charge is 2.11. The van der Waals surface area contributed by atoms with Crippen molar-refractivity contribution in [3.05, 3.63) is 23.8 Å². The maximum atomic E-state index is 11.3. The van der Waals surface area contributed by atoms with Gasteiger partial charge in [0.2, 0.25) is 0 Å². The first-order valence-corrected chi connectivity index (χ1v) is 4.75. The molecule has 0 aliphatic heterocycles. The normalized spacial score (nSPS) is 10.0. The summed E-state index contributed by atoms with van der Waals surface area (Å²) in [6.07, 6.45) is 0.229. The zero-order valence-electron chi connectivity index (χ0n) is 6.83. The summed E-state index contributed by atoms with van der Waals surface area (Å²) in [4.78, 5) is 11.7. The number of benzene rings is 1. The van der Waals surface area contributed by atoms with Crippen molar-refractivity contribution in [3.8, 4) is 5.75 Å². The molecule has 0 saturated carbocycles. The van der Waals surface area contributed by atoms with Crippen LogP contribution in [0.1, 0.15) is 16.8 Å². The Morgan fingerprint density at radius 2 is 2.23 bits per heavy atom. The minimum Gasteiger partial charge on any atom is -0.506 e. The molecule has 70 valence electrons. The average molecular weight is 217 g/mol. The van der Waals surface area contributed by atoms with Gasteiger partial charge in [-0.05, 0) is 12.1 Å². The molecule has 1 N–H and O–H groups in total. The van der Waals surface area contributed by atoms with Gasteiger partial charge in [0, 0.05) is 17.2 Å². The molecule has 0 radical (unpaired) electrons. The molecule has 4 heteroatoms. The first-order valence-electron chi connectivity index (χ1n) is 3.77. The Hall–Kier alpha value is -0.670. The fourth-order valence-corrected chi connectivity index (χ4v) is 1.35. The minimum absolute atomic E-state index is 0.0686. The molecule has 0 saturated heterocycles. The van der Waals surface area contributed by atoms with Crippen molar-refractivity contribution in [2.75, 3.05) is 5.88 Å². The number of phenolic OH excluding ortho intramolecular Hbond substituents is 1. The molecule has 1 rings (SSSR count). The number of carbonyl (C=O) groups excluding carboxylic acids is 1. The second kappa shape index (κ2) is 4.53. The molecule has 0 heterocycles. The van der Waals surface area contributed by atoms with E-state index in [2.05, 4.69) is 12.6 Å². The summed E-state index contributed by atoms with van der Waals surface area (Å²) in [5.74, 6) is 0.0269. The Morgan fingerprint density at radius 3 is 2.85 bits per heavy atom. The number of para-hydroxylation sites is 1. The number of thiol groups is 1. The molecule has 1 aromatic carbocycles. The van der Waals surface area contributed by atoms with E-state index in [1.54, 1.807) is 18.2 Å². The van der Waals surface area contributed by atoms with Crippen molar-refractivity contribution in [3.63, 3.8) is 0 Å². The van der Waals surface area contributed by atoms with E-state index in [0.29, 0.717) is 4.90 Å². The van der Waals surface area contributed by atoms with E-state index in [4.69, 9.17) is 11.6 Å². The van der Waals surface area contributed by atoms with E-state index >= 15 is 0 Å². The number of hydrogen-bond donors (Lipinski definition) is 2. The number of rotatable bonds is 3. The van der Waals surface area contributed by atoms with Crippen LogP contribution >= 0.6 is 24.2 Å². The summed E-state index contributed by atoms with van der Waals surface area (Å²) in [5.41, 5.74) is 0.285. The van der Waals surface area contributed by atoms with Crippen molar-refractivity contribution in [2.24, 2.45) is 0 Å². The predicted octanol–water partition coefficient (Wildman–Crippen LogP) is 2.49. The number of hydrogen-bond acceptors (Lipinski definition) is 3. The fraction of sp³-hybridized carbons (Fsp3) is 0.222. The molecule has 0 unspecified atom stereocenters. The van der Waals surface area contributed by atoms with Crippen LogP contribution in [0.2, 0.25) is 0 Å². The highest BCUT2D eigenvalue weighted by Crippen LogP contribution is 2.26. The number of phenols is 1. The van der Waals surface area contributed by atoms with Crippen molar-refractivity contribution in [1.29, 1.82) is 0 Å². The lowest BCUT2D eigenvalue weighted by molar-refractivity contribution is 0.0986. The van der Waals surface area contributed by atoms with Crippen LogP contribution in [0, 0.1) is 0 Å². The average Bonchev–Trinajstić information content (AvgIpc) is 2.10. The Balaban J connectivity index is 3.01. The number of halogens is 1. The fourth-order valence-electron chi connectivity index (χ4n) is 0.977. The maximum Gasteiger partial charge on any atom is 0.167 e. The second-order valence-electron chi connectivity index (χ2n) is 2.54. The monoisotopic (exact) mass is 216 g/mol. The van der Waals surface area contributed by atoms with E-state index in [1.807, 2.05) is 0 Å². The van der Waals surface area contributed by atoms with Crippen LogP contribution in [0.15, 0.2) is 23.1 Å². The predicted molar refractivity (Wildman–Crippen MR) is 55.0 cm³/mol. The molecule has 13 heavy (non-hydrogen) atoms. The number of ketones is 1. The Bertz CT molecular complexity index is 325. The third kappa shape index (κ3) is 2.39. The molecule has 0 atom stereocenters. The zero-order chi connectivity index (χ0) is 9.84. The molecular formula is C9H9ClO2S. The minimum atomic E-state index is -0.164. The summed E-state index contributed by atoms with van der Waals surface area (Å²) in [6, 6.07) is 4.85. The van der Waals surface area contributed by atoms with Crippen molar-refractivity contribution in [2.45, 2.75) is 11.3 Å². The molecule has 2 nitrogen and oxygen atoms in total. The van der Waals surface area contributed by atoms with Crippen molar-refractivity contribution >= 4 is 30.0 Å². The molecule has 0 fully saturated rings. The van der Waals surface area contributed by atoms with Crippen molar-refractivity contribution in [1.82, 2.24) is 0 Å². The van der Waals surface area contributed by atoms with Crippen LogP contribution < -0.4 is 0 Å². The molecule has 0 aliphatic carbocycles. The van der Waals surface area contributed by atoms with Gasteiger partial charge in [-0.3, -0.25) is 4.79 Å². The highest BCUT2D eigenvalue weighted by atomic mass is 35.5. The Labute approximate surface area is 86.9 Å². The molecule has 0 bridgehead atoms. The maximum absolute atomic E-state index is 11.3. The molecule has 0 spiro atoms. The van der Waals surface area contributed by atoms with Gasteiger partial charge >= 0.3 is 0 Å². The standard InChI is InChI=1S/C9H9ClO2S/c10-5-4-7(11)6-2-1-3-8(13)9(6)12/h1-3,12-13H,4-5H2. The van der Waals surface area contributed by atoms with E-state index < -0.39 is 0 Å².